The van der Waals surface area contributed by atoms with E-state index in [0.29, 0.717) is 35.5 Å². The Bertz CT molecular complexity index is 251. The molecule has 0 aromatic heterocycles. The first-order valence-electron chi connectivity index (χ1n) is 2.41. The van der Waals surface area contributed by atoms with Gasteiger partial charge < -0.3 is 0 Å². The first kappa shape index (κ1) is 7.60. The number of allylic oxidation sites excluding steroid dienone is 1. The first-order chi connectivity index (χ1) is 4.88. The molecule has 0 aromatic rings. The van der Waals surface area contributed by atoms with Crippen LogP contribution in [0.4, 0.5) is 0 Å². The third-order valence-electron chi connectivity index (χ3n) is 0.833. The summed E-state index contributed by atoms with van der Waals surface area (Å²) in [5, 5.41) is 16.9. The second-order valence-corrected chi connectivity index (χ2v) is 6.55. The van der Waals surface area contributed by atoms with E-state index in [4.69, 9.17) is 10.5 Å². The van der Waals surface area contributed by atoms with Crippen LogP contribution < -0.4 is 0 Å². The van der Waals surface area contributed by atoms with Crippen molar-refractivity contribution in [3.05, 3.63) is 18.9 Å². The Morgan fingerprint density at radius 3 is 2.10 bits per heavy atom. The summed E-state index contributed by atoms with van der Waals surface area (Å²) in [4.78, 5) is 4.13. The molecule has 48 valence electrons. The van der Waals surface area contributed by atoms with Crippen LogP contribution in [0.15, 0.2) is 18.9 Å². The van der Waals surface area contributed by atoms with Crippen LogP contribution in [0.5, 0.6) is 0 Å². The van der Waals surface area contributed by atoms with Crippen molar-refractivity contribution in [3.63, 3.8) is 0 Å². The molecular formula is C6H2N2Se2. The molecule has 0 bridgehead atoms. The average Bonchev–Trinajstić information content (AvgIpc) is 2.43. The van der Waals surface area contributed by atoms with Crippen molar-refractivity contribution in [2.75, 3.05) is 0 Å². The number of hydrogen-bond donors (Lipinski definition) is 0. The van der Waals surface area contributed by atoms with Crippen LogP contribution in [0.3, 0.4) is 0 Å². The normalized spacial score (nSPS) is 14.4. The Labute approximate surface area is 71.5 Å². The summed E-state index contributed by atoms with van der Waals surface area (Å²) < 4.78 is 1.07. The van der Waals surface area contributed by atoms with Crippen LogP contribution >= 0.6 is 0 Å². The number of rotatable bonds is 0. The minimum absolute atomic E-state index is 0.292. The maximum absolute atomic E-state index is 8.45. The van der Waals surface area contributed by atoms with Crippen molar-refractivity contribution in [1.82, 2.24) is 0 Å². The molecule has 0 radical (unpaired) electrons. The molecular weight excluding hydrogens is 258 g/mol. The molecule has 0 aromatic carbocycles. The molecule has 2 nitrogen and oxygen atoms in total. The molecule has 1 aliphatic heterocycles. The van der Waals surface area contributed by atoms with E-state index in [-0.39, 0.29) is 0 Å². The molecule has 1 rings (SSSR count). The van der Waals surface area contributed by atoms with Gasteiger partial charge >= 0.3 is 71.5 Å². The van der Waals surface area contributed by atoms with E-state index in [2.05, 4.69) is 9.95 Å². The molecule has 0 atom stereocenters. The van der Waals surface area contributed by atoms with Crippen molar-refractivity contribution in [1.29, 1.82) is 10.5 Å². The maximum atomic E-state index is 8.45. The molecule has 0 saturated heterocycles. The quantitative estimate of drug-likeness (QED) is 0.459. The van der Waals surface area contributed by atoms with E-state index in [9.17, 15) is 0 Å². The fraction of sp³-hybridized carbons (Fsp3) is 0. The van der Waals surface area contributed by atoms with Crippen molar-refractivity contribution in [3.8, 4) is 12.1 Å². The third-order valence-corrected chi connectivity index (χ3v) is 6.70. The van der Waals surface area contributed by atoms with Gasteiger partial charge in [0, 0.05) is 0 Å². The van der Waals surface area contributed by atoms with E-state index in [1.807, 2.05) is 12.1 Å². The Morgan fingerprint density at radius 1 is 1.20 bits per heavy atom. The van der Waals surface area contributed by atoms with Crippen LogP contribution in [0.1, 0.15) is 0 Å². The van der Waals surface area contributed by atoms with Gasteiger partial charge in [0.2, 0.25) is 0 Å². The van der Waals surface area contributed by atoms with Gasteiger partial charge in [-0.15, -0.1) is 0 Å². The standard InChI is InChI=1S/C6H2N2Se2/c7-3-5(4-8)6-9-1-2-10-6/h1-2H. The van der Waals surface area contributed by atoms with E-state index >= 15 is 0 Å². The van der Waals surface area contributed by atoms with Crippen LogP contribution in [-0.2, 0) is 0 Å². The average molecular weight is 260 g/mol. The Hall–Kier alpha value is -0.501. The summed E-state index contributed by atoms with van der Waals surface area (Å²) in [7, 11) is 0. The fourth-order valence-corrected chi connectivity index (χ4v) is 5.22. The molecule has 0 unspecified atom stereocenters. The van der Waals surface area contributed by atoms with E-state index in [1.165, 1.54) is 0 Å². The summed E-state index contributed by atoms with van der Waals surface area (Å²) in [5.41, 5.74) is 0.338. The van der Waals surface area contributed by atoms with E-state index in [1.54, 1.807) is 0 Å². The summed E-state index contributed by atoms with van der Waals surface area (Å²) in [5.74, 6) is 0. The summed E-state index contributed by atoms with van der Waals surface area (Å²) in [6.45, 7) is 0. The first-order valence-corrected chi connectivity index (χ1v) is 6.10. The number of nitriles is 2. The van der Waals surface area contributed by atoms with Gasteiger partial charge in [-0.3, -0.25) is 0 Å². The minimum atomic E-state index is 0.292. The Balaban J connectivity index is 2.88. The van der Waals surface area contributed by atoms with Crippen molar-refractivity contribution >= 4 is 29.9 Å². The van der Waals surface area contributed by atoms with Gasteiger partial charge in [-0.25, -0.2) is 0 Å². The van der Waals surface area contributed by atoms with E-state index < -0.39 is 0 Å². The van der Waals surface area contributed by atoms with Gasteiger partial charge in [0.1, 0.15) is 0 Å². The second-order valence-electron chi connectivity index (χ2n) is 1.39. The Morgan fingerprint density at radius 2 is 1.70 bits per heavy atom. The topological polar surface area (TPSA) is 47.6 Å². The molecule has 0 spiro atoms. The van der Waals surface area contributed by atoms with Crippen molar-refractivity contribution < 1.29 is 0 Å². The van der Waals surface area contributed by atoms with Gasteiger partial charge in [0.05, 0.1) is 0 Å². The zero-order valence-electron chi connectivity index (χ0n) is 4.87. The molecule has 0 N–H and O–H groups in total. The van der Waals surface area contributed by atoms with Crippen LogP contribution in [-0.4, -0.2) is 29.9 Å². The van der Waals surface area contributed by atoms with Gasteiger partial charge in [-0.05, 0) is 0 Å². The van der Waals surface area contributed by atoms with Crippen LogP contribution in [0, 0.1) is 22.7 Å². The molecule has 1 heterocycles. The molecule has 1 aliphatic rings. The zero-order valence-corrected chi connectivity index (χ0v) is 8.29. The monoisotopic (exact) mass is 262 g/mol. The van der Waals surface area contributed by atoms with Crippen molar-refractivity contribution in [2.24, 2.45) is 0 Å². The van der Waals surface area contributed by atoms with Gasteiger partial charge in [0.25, 0.3) is 0 Å². The summed E-state index contributed by atoms with van der Waals surface area (Å²) in [6, 6.07) is 3.81. The fourth-order valence-electron chi connectivity index (χ4n) is 0.441. The summed E-state index contributed by atoms with van der Waals surface area (Å²) >= 11 is 0.585. The van der Waals surface area contributed by atoms with Crippen molar-refractivity contribution in [2.45, 2.75) is 0 Å². The van der Waals surface area contributed by atoms with Gasteiger partial charge in [-0.2, -0.15) is 0 Å². The molecule has 0 amide bonds. The Kier molecular flexibility index (Phi) is 2.75. The predicted molar refractivity (Wildman–Crippen MR) is 38.9 cm³/mol. The molecule has 4 heteroatoms. The van der Waals surface area contributed by atoms with Crippen LogP contribution in [0.25, 0.3) is 0 Å². The SMILES string of the molecule is N#CC(C#N)=C1[Se]C=C[Se]1. The zero-order chi connectivity index (χ0) is 7.40. The summed E-state index contributed by atoms with van der Waals surface area (Å²) in [6.07, 6.45) is 0. The molecule has 0 fully saturated rings. The third kappa shape index (κ3) is 1.51. The van der Waals surface area contributed by atoms with Gasteiger partial charge in [-0.1, -0.05) is 0 Å². The second kappa shape index (κ2) is 3.61. The number of nitrogens with zero attached hydrogens (tertiary/aromatic N) is 2. The van der Waals surface area contributed by atoms with Crippen LogP contribution in [0.2, 0.25) is 0 Å². The van der Waals surface area contributed by atoms with Gasteiger partial charge in [0.15, 0.2) is 0 Å². The van der Waals surface area contributed by atoms with E-state index in [0.717, 1.165) is 3.37 Å². The molecule has 10 heavy (non-hydrogen) atoms. The molecule has 0 aliphatic carbocycles. The molecule has 0 saturated carbocycles. The number of hydrogen-bond acceptors (Lipinski definition) is 2. The predicted octanol–water partition coefficient (Wildman–Crippen LogP) is 0.138.